The van der Waals surface area contributed by atoms with Gasteiger partial charge in [-0.15, -0.1) is 0 Å². The zero-order valence-corrected chi connectivity index (χ0v) is 13.9. The molecule has 1 aliphatic rings. The van der Waals surface area contributed by atoms with Crippen LogP contribution in [-0.2, 0) is 15.4 Å². The molecule has 0 heterocycles. The largest absolute Gasteiger partial charge is 0.280 e. The van der Waals surface area contributed by atoms with Gasteiger partial charge in [-0.05, 0) is 61.6 Å². The summed E-state index contributed by atoms with van der Waals surface area (Å²) < 4.78 is 27.7. The van der Waals surface area contributed by atoms with Crippen LogP contribution in [0.2, 0.25) is 0 Å². The zero-order chi connectivity index (χ0) is 16.7. The van der Waals surface area contributed by atoms with Gasteiger partial charge in [-0.1, -0.05) is 24.3 Å². The molecule has 0 unspecified atom stereocenters. The summed E-state index contributed by atoms with van der Waals surface area (Å²) in [6.45, 7) is 3.64. The fourth-order valence-corrected chi connectivity index (χ4v) is 4.04. The fourth-order valence-electron chi connectivity index (χ4n) is 2.65. The van der Waals surface area contributed by atoms with Crippen LogP contribution in [0.1, 0.15) is 29.5 Å². The topological polar surface area (TPSA) is 70.0 Å². The third-order valence-corrected chi connectivity index (χ3v) is 5.81. The second-order valence-corrected chi connectivity index (χ2v) is 7.80. The Bertz CT molecular complexity index is 890. The molecule has 0 spiro atoms. The summed E-state index contributed by atoms with van der Waals surface area (Å²) in [7, 11) is -3.62. The molecule has 0 aromatic heterocycles. The van der Waals surface area contributed by atoms with E-state index in [9.17, 15) is 13.7 Å². The Balaban J connectivity index is 1.86. The van der Waals surface area contributed by atoms with Crippen LogP contribution < -0.4 is 4.72 Å². The van der Waals surface area contributed by atoms with Crippen molar-refractivity contribution in [3.05, 3.63) is 59.2 Å². The first-order chi connectivity index (χ1) is 10.9. The molecule has 0 radical (unpaired) electrons. The average molecular weight is 326 g/mol. The van der Waals surface area contributed by atoms with Crippen molar-refractivity contribution in [2.24, 2.45) is 0 Å². The Morgan fingerprint density at radius 3 is 2.30 bits per heavy atom. The lowest BCUT2D eigenvalue weighted by Crippen LogP contribution is -2.14. The summed E-state index contributed by atoms with van der Waals surface area (Å²) in [6, 6.07) is 14.8. The summed E-state index contributed by atoms with van der Waals surface area (Å²) in [5.74, 6) is 0. The van der Waals surface area contributed by atoms with Gasteiger partial charge in [-0.25, -0.2) is 8.42 Å². The fraction of sp³-hybridized carbons (Fsp3) is 0.278. The predicted molar refractivity (Wildman–Crippen MR) is 89.7 cm³/mol. The maximum atomic E-state index is 12.6. The second-order valence-electron chi connectivity index (χ2n) is 6.15. The van der Waals surface area contributed by atoms with Gasteiger partial charge in [0.2, 0.25) is 0 Å². The number of aryl methyl sites for hydroxylation is 2. The van der Waals surface area contributed by atoms with Crippen molar-refractivity contribution in [3.63, 3.8) is 0 Å². The minimum absolute atomic E-state index is 0.289. The maximum Gasteiger partial charge on any atom is 0.262 e. The molecular weight excluding hydrogens is 308 g/mol. The van der Waals surface area contributed by atoms with E-state index in [2.05, 4.69) is 10.8 Å². The molecule has 5 heteroatoms. The van der Waals surface area contributed by atoms with Crippen molar-refractivity contribution in [1.29, 1.82) is 5.26 Å². The molecular formula is C18H18N2O2S. The van der Waals surface area contributed by atoms with Crippen molar-refractivity contribution in [2.45, 2.75) is 37.0 Å². The van der Waals surface area contributed by atoms with Gasteiger partial charge >= 0.3 is 0 Å². The highest BCUT2D eigenvalue weighted by Gasteiger charge is 2.44. The number of benzene rings is 2. The zero-order valence-electron chi connectivity index (χ0n) is 13.1. The number of nitrogens with zero attached hydrogens (tertiary/aromatic N) is 1. The van der Waals surface area contributed by atoms with Crippen LogP contribution in [-0.4, -0.2) is 8.42 Å². The quantitative estimate of drug-likeness (QED) is 0.932. The number of anilines is 1. The lowest BCUT2D eigenvalue weighted by atomic mass is 9.98. The molecule has 1 N–H and O–H groups in total. The van der Waals surface area contributed by atoms with Gasteiger partial charge in [0.15, 0.2) is 0 Å². The van der Waals surface area contributed by atoms with Crippen molar-refractivity contribution in [1.82, 2.24) is 0 Å². The summed E-state index contributed by atoms with van der Waals surface area (Å²) in [4.78, 5) is 0.289. The first-order valence-electron chi connectivity index (χ1n) is 7.48. The minimum Gasteiger partial charge on any atom is -0.280 e. The lowest BCUT2D eigenvalue weighted by Gasteiger charge is -2.12. The predicted octanol–water partition coefficient (Wildman–Crippen LogP) is 3.66. The van der Waals surface area contributed by atoms with Gasteiger partial charge in [0.1, 0.15) is 0 Å². The van der Waals surface area contributed by atoms with E-state index < -0.39 is 10.0 Å². The average Bonchev–Trinajstić information content (AvgIpc) is 3.31. The Morgan fingerprint density at radius 2 is 1.74 bits per heavy atom. The van der Waals surface area contributed by atoms with Gasteiger partial charge in [-0.2, -0.15) is 5.26 Å². The highest BCUT2D eigenvalue weighted by atomic mass is 32.2. The van der Waals surface area contributed by atoms with Crippen LogP contribution in [0.4, 0.5) is 5.69 Å². The van der Waals surface area contributed by atoms with Crippen LogP contribution in [0.3, 0.4) is 0 Å². The molecule has 0 bridgehead atoms. The van der Waals surface area contributed by atoms with Gasteiger partial charge in [-0.3, -0.25) is 4.72 Å². The second kappa shape index (κ2) is 5.39. The molecule has 118 valence electrons. The summed E-state index contributed by atoms with van der Waals surface area (Å²) in [5, 5.41) is 9.21. The minimum atomic E-state index is -3.62. The highest BCUT2D eigenvalue weighted by Crippen LogP contribution is 2.47. The SMILES string of the molecule is Cc1ccc(C)c(S(=O)(=O)Nc2ccc(C3(C#N)CC3)cc2)c1. The van der Waals surface area contributed by atoms with E-state index in [0.29, 0.717) is 11.3 Å². The molecule has 0 amide bonds. The van der Waals surface area contributed by atoms with Crippen molar-refractivity contribution in [3.8, 4) is 6.07 Å². The van der Waals surface area contributed by atoms with Crippen molar-refractivity contribution < 1.29 is 8.42 Å². The van der Waals surface area contributed by atoms with Crippen LogP contribution in [0, 0.1) is 25.2 Å². The standard InChI is InChI=1S/C18H18N2O2S/c1-13-3-4-14(2)17(11-13)23(21,22)20-16-7-5-15(6-8-16)18(12-19)9-10-18/h3-8,11,20H,9-10H2,1-2H3. The van der Waals surface area contributed by atoms with Crippen LogP contribution in [0.15, 0.2) is 47.4 Å². The molecule has 1 saturated carbocycles. The van der Waals surface area contributed by atoms with E-state index >= 15 is 0 Å². The molecule has 0 aliphatic heterocycles. The van der Waals surface area contributed by atoms with Gasteiger partial charge in [0.05, 0.1) is 16.4 Å². The van der Waals surface area contributed by atoms with Crippen LogP contribution >= 0.6 is 0 Å². The highest BCUT2D eigenvalue weighted by molar-refractivity contribution is 7.92. The van der Waals surface area contributed by atoms with Crippen molar-refractivity contribution >= 4 is 15.7 Å². The molecule has 23 heavy (non-hydrogen) atoms. The third-order valence-electron chi connectivity index (χ3n) is 4.29. The molecule has 3 rings (SSSR count). The lowest BCUT2D eigenvalue weighted by molar-refractivity contribution is 0.600. The maximum absolute atomic E-state index is 12.6. The first kappa shape index (κ1) is 15.6. The number of hydrogen-bond donors (Lipinski definition) is 1. The van der Waals surface area contributed by atoms with Crippen molar-refractivity contribution in [2.75, 3.05) is 4.72 Å². The molecule has 2 aromatic carbocycles. The molecule has 2 aromatic rings. The van der Waals surface area contributed by atoms with E-state index in [1.54, 1.807) is 31.2 Å². The van der Waals surface area contributed by atoms with E-state index in [0.717, 1.165) is 24.0 Å². The van der Waals surface area contributed by atoms with Gasteiger partial charge in [0.25, 0.3) is 10.0 Å². The summed E-state index contributed by atoms with van der Waals surface area (Å²) >= 11 is 0. The number of hydrogen-bond acceptors (Lipinski definition) is 3. The summed E-state index contributed by atoms with van der Waals surface area (Å²) in [6.07, 6.45) is 1.74. The monoisotopic (exact) mass is 326 g/mol. The number of nitriles is 1. The smallest absolute Gasteiger partial charge is 0.262 e. The Labute approximate surface area is 136 Å². The molecule has 0 saturated heterocycles. The van der Waals surface area contributed by atoms with E-state index in [4.69, 9.17) is 0 Å². The third kappa shape index (κ3) is 2.95. The van der Waals surface area contributed by atoms with Crippen LogP contribution in [0.5, 0.6) is 0 Å². The van der Waals surface area contributed by atoms with E-state index in [1.807, 2.05) is 25.1 Å². The normalized spacial score (nSPS) is 15.7. The summed E-state index contributed by atoms with van der Waals surface area (Å²) in [5.41, 5.74) is 2.71. The Morgan fingerprint density at radius 1 is 1.09 bits per heavy atom. The van der Waals surface area contributed by atoms with E-state index in [-0.39, 0.29) is 10.3 Å². The van der Waals surface area contributed by atoms with Gasteiger partial charge < -0.3 is 0 Å². The number of rotatable bonds is 4. The number of sulfonamides is 1. The number of nitrogens with one attached hydrogen (secondary N) is 1. The van der Waals surface area contributed by atoms with Crippen LogP contribution in [0.25, 0.3) is 0 Å². The van der Waals surface area contributed by atoms with Gasteiger partial charge in [0, 0.05) is 5.69 Å². The Kier molecular flexibility index (Phi) is 3.65. The molecule has 1 aliphatic carbocycles. The molecule has 0 atom stereocenters. The Hall–Kier alpha value is -2.32. The molecule has 4 nitrogen and oxygen atoms in total. The first-order valence-corrected chi connectivity index (χ1v) is 8.96. The van der Waals surface area contributed by atoms with E-state index in [1.165, 1.54) is 0 Å². The molecule has 1 fully saturated rings.